The molecule has 2 rings (SSSR count). The van der Waals surface area contributed by atoms with E-state index in [0.29, 0.717) is 4.57 Å². The van der Waals surface area contributed by atoms with Crippen molar-refractivity contribution in [1.29, 1.82) is 0 Å². The van der Waals surface area contributed by atoms with Crippen LogP contribution in [0.1, 0.15) is 27.6 Å². The van der Waals surface area contributed by atoms with Crippen molar-refractivity contribution in [2.45, 2.75) is 13.5 Å². The number of aromatic nitrogens is 1. The summed E-state index contributed by atoms with van der Waals surface area (Å²) in [7, 11) is 0. The molecule has 2 amide bonds. The number of amides is 2. The second-order valence-corrected chi connectivity index (χ2v) is 5.32. The fourth-order valence-electron chi connectivity index (χ4n) is 2.26. The number of anilines is 1. The number of Topliss-reactive ketones (excluding diaryl/α,β-unsaturated/α-hetero) is 1. The summed E-state index contributed by atoms with van der Waals surface area (Å²) in [4.78, 5) is 57.3. The molecule has 10 heteroatoms. The number of ketones is 1. The first-order valence-corrected chi connectivity index (χ1v) is 7.29. The highest BCUT2D eigenvalue weighted by Gasteiger charge is 2.19. The Bertz CT molecular complexity index is 979. The summed E-state index contributed by atoms with van der Waals surface area (Å²) >= 11 is 0. The monoisotopic (exact) mass is 358 g/mol. The Morgan fingerprint density at radius 3 is 2.46 bits per heavy atom. The van der Waals surface area contributed by atoms with Gasteiger partial charge in [0.15, 0.2) is 5.78 Å². The largest absolute Gasteiger partial charge is 0.365 e. The lowest BCUT2D eigenvalue weighted by atomic mass is 10.1. The molecule has 0 spiro atoms. The first kappa shape index (κ1) is 18.5. The standard InChI is InChI=1S/C16H14N4O6/c1-9(21)11-4-2-3-5-13(11)18-14(22)8-19-7-10(20(25)26)6-12(15(17)23)16(19)24/h2-7H,8H2,1H3,(H2,17,23)(H,18,22). The molecule has 1 heterocycles. The Labute approximate surface area is 146 Å². The summed E-state index contributed by atoms with van der Waals surface area (Å²) < 4.78 is 0.712. The molecule has 2 aromatic rings. The minimum atomic E-state index is -1.14. The van der Waals surface area contributed by atoms with Gasteiger partial charge in [0.25, 0.3) is 17.2 Å². The van der Waals surface area contributed by atoms with Crippen LogP contribution in [0.5, 0.6) is 0 Å². The summed E-state index contributed by atoms with van der Waals surface area (Å²) in [6.07, 6.45) is 0.839. The van der Waals surface area contributed by atoms with Crippen LogP contribution in [0.4, 0.5) is 11.4 Å². The van der Waals surface area contributed by atoms with Gasteiger partial charge in [-0.05, 0) is 19.1 Å². The molecule has 0 saturated heterocycles. The van der Waals surface area contributed by atoms with Crippen LogP contribution in [0.15, 0.2) is 41.3 Å². The predicted molar refractivity (Wildman–Crippen MR) is 91.0 cm³/mol. The number of nitro groups is 1. The second-order valence-electron chi connectivity index (χ2n) is 5.32. The van der Waals surface area contributed by atoms with E-state index >= 15 is 0 Å². The van der Waals surface area contributed by atoms with Crippen LogP contribution in [-0.4, -0.2) is 27.1 Å². The second kappa shape index (κ2) is 7.38. The molecule has 0 unspecified atom stereocenters. The SMILES string of the molecule is CC(=O)c1ccccc1NC(=O)Cn1cc([N+](=O)[O-])cc(C(N)=O)c1=O. The maximum Gasteiger partial charge on any atom is 0.286 e. The van der Waals surface area contributed by atoms with Crippen molar-refractivity contribution in [2.75, 3.05) is 5.32 Å². The van der Waals surface area contributed by atoms with E-state index in [1.54, 1.807) is 12.1 Å². The molecule has 0 aliphatic rings. The number of rotatable bonds is 6. The van der Waals surface area contributed by atoms with Crippen LogP contribution in [0.25, 0.3) is 0 Å². The van der Waals surface area contributed by atoms with Crippen LogP contribution in [-0.2, 0) is 11.3 Å². The lowest BCUT2D eigenvalue weighted by Gasteiger charge is -2.10. The number of nitrogens with zero attached hydrogens (tertiary/aromatic N) is 2. The zero-order valence-electron chi connectivity index (χ0n) is 13.6. The molecule has 1 aromatic heterocycles. The number of nitrogens with one attached hydrogen (secondary N) is 1. The molecule has 0 aliphatic heterocycles. The molecule has 0 aliphatic carbocycles. The van der Waals surface area contributed by atoms with Crippen molar-refractivity contribution >= 4 is 29.0 Å². The van der Waals surface area contributed by atoms with Crippen LogP contribution in [0, 0.1) is 10.1 Å². The third-order valence-electron chi connectivity index (χ3n) is 3.44. The van der Waals surface area contributed by atoms with Gasteiger partial charge in [-0.2, -0.15) is 0 Å². The van der Waals surface area contributed by atoms with Gasteiger partial charge in [0.05, 0.1) is 16.8 Å². The summed E-state index contributed by atoms with van der Waals surface area (Å²) in [6, 6.07) is 7.00. The highest BCUT2D eigenvalue weighted by molar-refractivity contribution is 6.03. The van der Waals surface area contributed by atoms with Gasteiger partial charge in [-0.15, -0.1) is 0 Å². The van der Waals surface area contributed by atoms with Gasteiger partial charge >= 0.3 is 0 Å². The highest BCUT2D eigenvalue weighted by atomic mass is 16.6. The number of benzene rings is 1. The molecule has 26 heavy (non-hydrogen) atoms. The molecule has 134 valence electrons. The maximum absolute atomic E-state index is 12.2. The van der Waals surface area contributed by atoms with E-state index in [1.165, 1.54) is 19.1 Å². The Morgan fingerprint density at radius 1 is 1.23 bits per heavy atom. The molecule has 1 aromatic carbocycles. The first-order chi connectivity index (χ1) is 12.2. The van der Waals surface area contributed by atoms with Gasteiger partial charge in [0, 0.05) is 11.6 Å². The average Bonchev–Trinajstić information content (AvgIpc) is 2.56. The summed E-state index contributed by atoms with van der Waals surface area (Å²) in [5, 5.41) is 13.4. The lowest BCUT2D eigenvalue weighted by molar-refractivity contribution is -0.385. The van der Waals surface area contributed by atoms with Gasteiger partial charge in [-0.25, -0.2) is 0 Å². The summed E-state index contributed by atoms with van der Waals surface area (Å²) in [6.45, 7) is 0.724. The van der Waals surface area contributed by atoms with E-state index in [1.807, 2.05) is 0 Å². The topological polar surface area (TPSA) is 154 Å². The number of hydrogen-bond donors (Lipinski definition) is 2. The average molecular weight is 358 g/mol. The zero-order valence-corrected chi connectivity index (χ0v) is 13.6. The molecule has 3 N–H and O–H groups in total. The van der Waals surface area contributed by atoms with Gasteiger partial charge in [-0.1, -0.05) is 12.1 Å². The number of carbonyl (C=O) groups is 3. The minimum absolute atomic E-state index is 0.235. The molecule has 0 radical (unpaired) electrons. The molecule has 0 saturated carbocycles. The number of carbonyl (C=O) groups excluding carboxylic acids is 3. The van der Waals surface area contributed by atoms with Crippen molar-refractivity contribution in [1.82, 2.24) is 4.57 Å². The number of nitrogens with two attached hydrogens (primary N) is 1. The van der Waals surface area contributed by atoms with E-state index in [-0.39, 0.29) is 17.0 Å². The Kier molecular flexibility index (Phi) is 5.26. The van der Waals surface area contributed by atoms with Crippen molar-refractivity contribution < 1.29 is 19.3 Å². The lowest BCUT2D eigenvalue weighted by Crippen LogP contribution is -2.33. The van der Waals surface area contributed by atoms with Crippen molar-refractivity contribution in [3.8, 4) is 0 Å². The van der Waals surface area contributed by atoms with Crippen LogP contribution in [0.2, 0.25) is 0 Å². The predicted octanol–water partition coefficient (Wildman–Crippen LogP) is 0.697. The van der Waals surface area contributed by atoms with Gasteiger partial charge in [0.1, 0.15) is 12.1 Å². The maximum atomic E-state index is 12.2. The molecular weight excluding hydrogens is 344 g/mol. The van der Waals surface area contributed by atoms with Crippen LogP contribution < -0.4 is 16.6 Å². The molecule has 10 nitrogen and oxygen atoms in total. The van der Waals surface area contributed by atoms with E-state index in [4.69, 9.17) is 5.73 Å². The van der Waals surface area contributed by atoms with E-state index in [2.05, 4.69) is 5.32 Å². The minimum Gasteiger partial charge on any atom is -0.365 e. The van der Waals surface area contributed by atoms with E-state index < -0.39 is 40.1 Å². The normalized spacial score (nSPS) is 10.2. The molecule has 0 bridgehead atoms. The van der Waals surface area contributed by atoms with Gasteiger partial charge < -0.3 is 11.1 Å². The zero-order chi connectivity index (χ0) is 19.4. The Hall–Kier alpha value is -3.82. The molecule has 0 fully saturated rings. The highest BCUT2D eigenvalue weighted by Crippen LogP contribution is 2.16. The van der Waals surface area contributed by atoms with Crippen molar-refractivity contribution in [3.05, 3.63) is 68.1 Å². The Balaban J connectivity index is 2.35. The van der Waals surface area contributed by atoms with Gasteiger partial charge in [-0.3, -0.25) is 33.9 Å². The number of pyridine rings is 1. The van der Waals surface area contributed by atoms with E-state index in [9.17, 15) is 29.3 Å². The third-order valence-corrected chi connectivity index (χ3v) is 3.44. The summed E-state index contributed by atoms with van der Waals surface area (Å²) in [5.41, 5.74) is 3.46. The first-order valence-electron chi connectivity index (χ1n) is 7.29. The van der Waals surface area contributed by atoms with E-state index in [0.717, 1.165) is 12.3 Å². The molecule has 0 atom stereocenters. The fourth-order valence-corrected chi connectivity index (χ4v) is 2.26. The van der Waals surface area contributed by atoms with Crippen LogP contribution in [0.3, 0.4) is 0 Å². The molecular formula is C16H14N4O6. The third kappa shape index (κ3) is 3.98. The number of hydrogen-bond acceptors (Lipinski definition) is 6. The summed E-state index contributed by atoms with van der Waals surface area (Å²) in [5.74, 6) is -2.13. The number of primary amides is 1. The van der Waals surface area contributed by atoms with Gasteiger partial charge in [0.2, 0.25) is 5.91 Å². The van der Waals surface area contributed by atoms with Crippen molar-refractivity contribution in [2.24, 2.45) is 5.73 Å². The fraction of sp³-hybridized carbons (Fsp3) is 0.125. The smallest absolute Gasteiger partial charge is 0.286 e. The quantitative estimate of drug-likeness (QED) is 0.440. The van der Waals surface area contributed by atoms with Crippen molar-refractivity contribution in [3.63, 3.8) is 0 Å². The Morgan fingerprint density at radius 2 is 1.88 bits per heavy atom. The number of para-hydroxylation sites is 1. The van der Waals surface area contributed by atoms with Crippen LogP contribution >= 0.6 is 0 Å².